The molecule has 130 valence electrons. The summed E-state index contributed by atoms with van der Waals surface area (Å²) in [6, 6.07) is 8.56. The number of esters is 1. The number of benzene rings is 1. The van der Waals surface area contributed by atoms with Gasteiger partial charge in [-0.2, -0.15) is 0 Å². The highest BCUT2D eigenvalue weighted by Crippen LogP contribution is 2.29. The van der Waals surface area contributed by atoms with Crippen molar-refractivity contribution in [3.05, 3.63) is 47.2 Å². The second-order valence-corrected chi connectivity index (χ2v) is 5.99. The van der Waals surface area contributed by atoms with Crippen LogP contribution in [0.3, 0.4) is 0 Å². The van der Waals surface area contributed by atoms with E-state index >= 15 is 0 Å². The predicted molar refractivity (Wildman–Crippen MR) is 91.0 cm³/mol. The molecule has 0 spiro atoms. The summed E-state index contributed by atoms with van der Waals surface area (Å²) in [5, 5.41) is 9.84. The third-order valence-corrected chi connectivity index (χ3v) is 4.28. The lowest BCUT2D eigenvalue weighted by Gasteiger charge is -2.11. The van der Waals surface area contributed by atoms with E-state index in [0.717, 1.165) is 4.88 Å². The number of methoxy groups -OCH3 is 2. The molecule has 0 unspecified atom stereocenters. The Bertz CT molecular complexity index is 860. The van der Waals surface area contributed by atoms with Crippen molar-refractivity contribution in [1.82, 2.24) is 10.2 Å². The fourth-order valence-electron chi connectivity index (χ4n) is 2.14. The lowest BCUT2D eigenvalue weighted by atomic mass is 10.2. The largest absolute Gasteiger partial charge is 0.493 e. The van der Waals surface area contributed by atoms with Crippen LogP contribution < -0.4 is 9.47 Å². The highest BCUT2D eigenvalue weighted by Gasteiger charge is 2.21. The highest BCUT2D eigenvalue weighted by atomic mass is 32.1. The van der Waals surface area contributed by atoms with Crippen molar-refractivity contribution in [3.8, 4) is 22.3 Å². The Balaban J connectivity index is 1.72. The van der Waals surface area contributed by atoms with Gasteiger partial charge in [-0.3, -0.25) is 0 Å². The van der Waals surface area contributed by atoms with E-state index in [-0.39, 0.29) is 5.89 Å². The number of ether oxygens (including phenoxy) is 3. The van der Waals surface area contributed by atoms with Crippen molar-refractivity contribution in [2.75, 3.05) is 14.2 Å². The number of thiophene rings is 1. The normalized spacial score (nSPS) is 11.8. The van der Waals surface area contributed by atoms with Crippen molar-refractivity contribution in [2.45, 2.75) is 13.0 Å². The summed E-state index contributed by atoms with van der Waals surface area (Å²) in [6.45, 7) is 1.67. The van der Waals surface area contributed by atoms with E-state index < -0.39 is 12.1 Å². The van der Waals surface area contributed by atoms with Gasteiger partial charge in [0.2, 0.25) is 0 Å². The van der Waals surface area contributed by atoms with Crippen LogP contribution in [-0.2, 0) is 4.74 Å². The molecule has 3 aromatic rings. The van der Waals surface area contributed by atoms with Crippen LogP contribution in [0.1, 0.15) is 29.3 Å². The van der Waals surface area contributed by atoms with Gasteiger partial charge in [0, 0.05) is 0 Å². The molecule has 1 atom stereocenters. The topological polar surface area (TPSA) is 83.7 Å². The van der Waals surface area contributed by atoms with Gasteiger partial charge >= 0.3 is 5.97 Å². The molecule has 25 heavy (non-hydrogen) atoms. The number of carbonyl (C=O) groups excluding carboxylic acids is 1. The van der Waals surface area contributed by atoms with E-state index in [9.17, 15) is 4.79 Å². The minimum Gasteiger partial charge on any atom is -0.493 e. The molecule has 0 saturated heterocycles. The number of hydrogen-bond acceptors (Lipinski definition) is 8. The van der Waals surface area contributed by atoms with Crippen LogP contribution in [-0.4, -0.2) is 30.4 Å². The monoisotopic (exact) mass is 360 g/mol. The van der Waals surface area contributed by atoms with Gasteiger partial charge in [-0.1, -0.05) is 6.07 Å². The summed E-state index contributed by atoms with van der Waals surface area (Å²) < 4.78 is 21.3. The Morgan fingerprint density at radius 1 is 1.16 bits per heavy atom. The fraction of sp³-hybridized carbons (Fsp3) is 0.235. The minimum atomic E-state index is -0.679. The zero-order valence-corrected chi connectivity index (χ0v) is 14.7. The summed E-state index contributed by atoms with van der Waals surface area (Å²) >= 11 is 1.49. The second-order valence-electron chi connectivity index (χ2n) is 5.04. The molecule has 0 aliphatic rings. The molecule has 2 aromatic heterocycles. The zero-order chi connectivity index (χ0) is 17.8. The first-order valence-electron chi connectivity index (χ1n) is 7.42. The number of carbonyl (C=O) groups is 1. The molecule has 8 heteroatoms. The molecule has 0 aliphatic carbocycles. The zero-order valence-electron chi connectivity index (χ0n) is 13.9. The lowest BCUT2D eigenvalue weighted by Crippen LogP contribution is -2.10. The number of aromatic nitrogens is 2. The molecule has 0 saturated carbocycles. The Labute approximate surface area is 148 Å². The van der Waals surface area contributed by atoms with E-state index in [2.05, 4.69) is 10.2 Å². The Hall–Kier alpha value is -2.87. The Morgan fingerprint density at radius 3 is 2.64 bits per heavy atom. The molecule has 0 fully saturated rings. The first-order valence-corrected chi connectivity index (χ1v) is 8.30. The van der Waals surface area contributed by atoms with Crippen LogP contribution in [0.2, 0.25) is 0 Å². The summed E-state index contributed by atoms with van der Waals surface area (Å²) in [6.07, 6.45) is -0.679. The maximum Gasteiger partial charge on any atom is 0.339 e. The van der Waals surface area contributed by atoms with Crippen LogP contribution in [0.4, 0.5) is 0 Å². The van der Waals surface area contributed by atoms with Crippen molar-refractivity contribution in [2.24, 2.45) is 0 Å². The second kappa shape index (κ2) is 7.35. The standard InChI is InChI=1S/C17H16N2O5S/c1-10(15-18-19-16(24-15)14-5-4-8-25-14)23-17(20)11-6-7-12(21-2)13(9-11)22-3/h4-10H,1-3H3/t10-/m1/s1. The summed E-state index contributed by atoms with van der Waals surface area (Å²) in [4.78, 5) is 13.2. The van der Waals surface area contributed by atoms with Gasteiger partial charge in [0.05, 0.1) is 24.7 Å². The van der Waals surface area contributed by atoms with Gasteiger partial charge in [0.1, 0.15) is 0 Å². The van der Waals surface area contributed by atoms with E-state index in [1.165, 1.54) is 25.6 Å². The quantitative estimate of drug-likeness (QED) is 0.619. The van der Waals surface area contributed by atoms with E-state index in [4.69, 9.17) is 18.6 Å². The van der Waals surface area contributed by atoms with Crippen molar-refractivity contribution >= 4 is 17.3 Å². The molecule has 0 amide bonds. The molecule has 3 rings (SSSR count). The molecule has 0 aliphatic heterocycles. The first kappa shape index (κ1) is 17.0. The van der Waals surface area contributed by atoms with Gasteiger partial charge < -0.3 is 18.6 Å². The molecule has 1 aromatic carbocycles. The summed E-state index contributed by atoms with van der Waals surface area (Å²) in [5.74, 6) is 1.09. The third kappa shape index (κ3) is 3.63. The van der Waals surface area contributed by atoms with Gasteiger partial charge in [-0.05, 0) is 36.6 Å². The molecule has 2 heterocycles. The van der Waals surface area contributed by atoms with Crippen LogP contribution in [0.5, 0.6) is 11.5 Å². The Morgan fingerprint density at radius 2 is 1.96 bits per heavy atom. The number of nitrogens with zero attached hydrogens (tertiary/aromatic N) is 2. The van der Waals surface area contributed by atoms with E-state index in [1.807, 2.05) is 17.5 Å². The molecule has 0 N–H and O–H groups in total. The van der Waals surface area contributed by atoms with Crippen molar-refractivity contribution in [1.29, 1.82) is 0 Å². The van der Waals surface area contributed by atoms with Gasteiger partial charge in [-0.15, -0.1) is 21.5 Å². The fourth-order valence-corrected chi connectivity index (χ4v) is 2.79. The van der Waals surface area contributed by atoms with Crippen LogP contribution >= 0.6 is 11.3 Å². The molecule has 0 bridgehead atoms. The van der Waals surface area contributed by atoms with Crippen molar-refractivity contribution in [3.63, 3.8) is 0 Å². The maximum absolute atomic E-state index is 12.3. The predicted octanol–water partition coefficient (Wildman–Crippen LogP) is 3.73. The van der Waals surface area contributed by atoms with Crippen molar-refractivity contribution < 1.29 is 23.4 Å². The van der Waals surface area contributed by atoms with Crippen LogP contribution in [0, 0.1) is 0 Å². The summed E-state index contributed by atoms with van der Waals surface area (Å²) in [7, 11) is 3.03. The minimum absolute atomic E-state index is 0.234. The highest BCUT2D eigenvalue weighted by molar-refractivity contribution is 7.13. The number of rotatable bonds is 6. The smallest absolute Gasteiger partial charge is 0.339 e. The van der Waals surface area contributed by atoms with E-state index in [0.29, 0.717) is 23.0 Å². The number of hydrogen-bond donors (Lipinski definition) is 0. The average Bonchev–Trinajstić information content (AvgIpc) is 3.32. The summed E-state index contributed by atoms with van der Waals surface area (Å²) in [5.41, 5.74) is 0.336. The van der Waals surface area contributed by atoms with Gasteiger partial charge in [0.15, 0.2) is 17.6 Å². The molecule has 7 nitrogen and oxygen atoms in total. The lowest BCUT2D eigenvalue weighted by molar-refractivity contribution is 0.0279. The molecule has 0 radical (unpaired) electrons. The first-order chi connectivity index (χ1) is 12.1. The average molecular weight is 360 g/mol. The SMILES string of the molecule is COc1ccc(C(=O)O[C@H](C)c2nnc(-c3cccs3)o2)cc1OC. The Kier molecular flexibility index (Phi) is 4.99. The molecular weight excluding hydrogens is 344 g/mol. The van der Waals surface area contributed by atoms with Gasteiger partial charge in [0.25, 0.3) is 11.8 Å². The molecular formula is C17H16N2O5S. The van der Waals surface area contributed by atoms with E-state index in [1.54, 1.807) is 25.1 Å². The maximum atomic E-state index is 12.3. The third-order valence-electron chi connectivity index (χ3n) is 3.42. The van der Waals surface area contributed by atoms with Crippen LogP contribution in [0.15, 0.2) is 40.1 Å². The van der Waals surface area contributed by atoms with Gasteiger partial charge in [-0.25, -0.2) is 4.79 Å². The van der Waals surface area contributed by atoms with Crippen LogP contribution in [0.25, 0.3) is 10.8 Å².